The number of hydrogen-bond acceptors (Lipinski definition) is 27. The second-order valence-corrected chi connectivity index (χ2v) is 40.0. The Morgan fingerprint density at radius 3 is 1.45 bits per heavy atom. The molecule has 1 saturated heterocycles. The molecule has 0 aliphatic carbocycles. The maximum absolute atomic E-state index is 15.3. The molecule has 47 heteroatoms. The van der Waals surface area contributed by atoms with Crippen molar-refractivity contribution in [2.75, 3.05) is 104 Å². The van der Waals surface area contributed by atoms with E-state index in [0.29, 0.717) is 85.5 Å². The molecule has 6 rings (SSSR count). The summed E-state index contributed by atoms with van der Waals surface area (Å²) in [5, 5.41) is 68.1. The zero-order valence-corrected chi connectivity index (χ0v) is 87.4. The number of primary amides is 1. The van der Waals surface area contributed by atoms with Gasteiger partial charge in [0.25, 0.3) is 0 Å². The van der Waals surface area contributed by atoms with Gasteiger partial charge in [0.05, 0.1) is 110 Å². The van der Waals surface area contributed by atoms with Crippen LogP contribution in [-0.4, -0.2) is 318 Å². The van der Waals surface area contributed by atoms with Crippen LogP contribution in [0.15, 0.2) is 73.4 Å². The van der Waals surface area contributed by atoms with Gasteiger partial charge < -0.3 is 139 Å². The molecule has 1 fully saturated rings. The number of nitrogens with zero attached hydrogens (tertiary/aromatic N) is 1. The van der Waals surface area contributed by atoms with Gasteiger partial charge in [-0.3, -0.25) is 81.5 Å². The van der Waals surface area contributed by atoms with Crippen molar-refractivity contribution in [1.82, 2.24) is 94.4 Å². The van der Waals surface area contributed by atoms with Crippen molar-refractivity contribution in [3.05, 3.63) is 90.3 Å². The number of amides is 15. The summed E-state index contributed by atoms with van der Waals surface area (Å²) in [6.45, 7) is 16.7. The van der Waals surface area contributed by atoms with Crippen molar-refractivity contribution in [2.45, 2.75) is 289 Å². The predicted molar refractivity (Wildman–Crippen MR) is 550 cm³/mol. The Bertz CT molecular complexity index is 4950. The smallest absolute Gasteiger partial charge is 0.305 e. The fraction of sp³-hybridized carbons (Fsp3) is 0.640. The Morgan fingerprint density at radius 1 is 0.476 bits per heavy atom. The maximum atomic E-state index is 15.3. The minimum atomic E-state index is -1.90. The standard InChI is InChI=1S/C100H155N19O26S2/c1-10-11-12-13-14-15-16-17-18-19-20-21-22-31-82(121)103-35-37-141-39-41-143-43-45-145-47-46-144-44-42-142-40-38-140-36-34-83(122)110-79(53-86(126)127)96(135)116-80-58-146-147-59-81(99(138)119-88(65(9)120)89(101)128)117-94(133)77(51-67-55-105-72-30-26-24-28-70(67)72)115-100(139)87(63(6)7)118-97(136)75(49-62(4)5)113-92(131)73(32-33-85(124)125)109-84(123)57-106-91(130)74(48-61(2)3)112-95(134)78(52-68-56-102-60-107-68)114-93(132)76(111-90(129)64(8)108-98(80)137)50-66-54-104-71-29-25-23-27-69(66)71/h23-30,54-56,60-65,73-81,87-88,104-105,120H,10-22,31-53,57-59H2,1-9H3,(H2,101,128)(H,102,107)(H,103,121)(H,106,130)(H,108,137)(H,109,123)(H,110,122)(H,111,129)(H,112,134)(H,113,131)(H,114,132)(H,115,139)(H,116,135)(H,117,133)(H,118,136)(H,119,138)(H,124,125)(H,126,127)/t64-,65+,73-,74-,75-,76-,77-,78?,79-,80?,81?,87?,88-/m0/s1. The van der Waals surface area contributed by atoms with Crippen LogP contribution < -0.4 is 80.2 Å². The Balaban J connectivity index is 1.20. The zero-order chi connectivity index (χ0) is 108. The monoisotopic (exact) mass is 2100 g/mol. The highest BCUT2D eigenvalue weighted by atomic mass is 33.1. The van der Waals surface area contributed by atoms with Crippen molar-refractivity contribution in [2.24, 2.45) is 23.5 Å². The molecule has 0 radical (unpaired) electrons. The van der Waals surface area contributed by atoms with Crippen LogP contribution in [0, 0.1) is 17.8 Å². The van der Waals surface area contributed by atoms with E-state index in [1.807, 2.05) is 0 Å². The number of para-hydroxylation sites is 2. The van der Waals surface area contributed by atoms with Gasteiger partial charge in [0.1, 0.15) is 72.5 Å². The molecule has 45 nitrogen and oxygen atoms in total. The van der Waals surface area contributed by atoms with E-state index in [1.165, 1.54) is 83.7 Å². The lowest BCUT2D eigenvalue weighted by Gasteiger charge is -2.29. The number of nitrogens with one attached hydrogen (secondary N) is 17. The first-order chi connectivity index (χ1) is 70.4. The van der Waals surface area contributed by atoms with E-state index in [2.05, 4.69) is 101 Å². The fourth-order valence-corrected chi connectivity index (χ4v) is 18.1. The number of benzene rings is 2. The Hall–Kier alpha value is -11.9. The van der Waals surface area contributed by atoms with Gasteiger partial charge in [-0.1, -0.05) is 184 Å². The van der Waals surface area contributed by atoms with E-state index in [9.17, 15) is 77.6 Å². The highest BCUT2D eigenvalue weighted by Crippen LogP contribution is 2.27. The highest BCUT2D eigenvalue weighted by molar-refractivity contribution is 8.76. The molecule has 0 bridgehead atoms. The number of rotatable bonds is 58. The molecule has 4 unspecified atom stereocenters. The number of ether oxygens (including phenoxy) is 6. The summed E-state index contributed by atoms with van der Waals surface area (Å²) < 4.78 is 33.5. The number of carboxylic acids is 2. The van der Waals surface area contributed by atoms with E-state index >= 15 is 19.2 Å². The number of carbonyl (C=O) groups is 17. The molecule has 1 aliphatic heterocycles. The van der Waals surface area contributed by atoms with Crippen molar-refractivity contribution in [3.63, 3.8) is 0 Å². The van der Waals surface area contributed by atoms with E-state index in [0.717, 1.165) is 47.8 Å². The first kappa shape index (κ1) is 124. The SMILES string of the molecule is CCCCCCCCCCCCCCCC(=O)NCCOCCOCCOCCOCCOCCOCCC(=O)N[C@@H](CC(=O)O)C(=O)NC1CSSCC(C(=O)N[C@H](C(N)=O)[C@@H](C)O)NC(=O)[C@H](Cc2c[nH]c3ccccc23)NC(=O)C(C(C)C)NC(=O)[C@H](CC(C)C)NC(=O)[C@H](CCC(=O)O)NC(=O)CNC(=O)[C@H](CC(C)C)NC(=O)C(Cc2c[nH]cn2)NC(=O)[C@H](Cc2c[nH]c3ccccc23)NC(=O)[C@H](C)NC1=O. The lowest BCUT2D eigenvalue weighted by Crippen LogP contribution is -2.61. The number of aromatic nitrogens is 4. The van der Waals surface area contributed by atoms with Crippen molar-refractivity contribution in [3.8, 4) is 0 Å². The minimum Gasteiger partial charge on any atom is -0.481 e. The van der Waals surface area contributed by atoms with Gasteiger partial charge in [-0.15, -0.1) is 0 Å². The van der Waals surface area contributed by atoms with Crippen LogP contribution in [0.2, 0.25) is 0 Å². The number of imidazole rings is 1. The van der Waals surface area contributed by atoms with Crippen LogP contribution in [-0.2, 0) is 129 Å². The number of nitrogens with two attached hydrogens (primary N) is 1. The average molecular weight is 2100 g/mol. The number of H-pyrrole nitrogens is 3. The van der Waals surface area contributed by atoms with Crippen LogP contribution in [0.5, 0.6) is 0 Å². The summed E-state index contributed by atoms with van der Waals surface area (Å²) in [4.78, 5) is 254. The summed E-state index contributed by atoms with van der Waals surface area (Å²) >= 11 is 0. The number of aliphatic hydroxyl groups is 1. The molecule has 1 aliphatic rings. The third-order valence-corrected chi connectivity index (χ3v) is 26.2. The third kappa shape index (κ3) is 48.8. The van der Waals surface area contributed by atoms with Crippen LogP contribution in [0.4, 0.5) is 0 Å². The molecule has 3 aromatic heterocycles. The average Bonchev–Trinajstić information content (AvgIpc) is 1.68. The summed E-state index contributed by atoms with van der Waals surface area (Å²) in [7, 11) is 1.50. The van der Waals surface area contributed by atoms with Gasteiger partial charge in [0, 0.05) is 97.0 Å². The third-order valence-electron chi connectivity index (χ3n) is 23.8. The van der Waals surface area contributed by atoms with E-state index in [4.69, 9.17) is 34.2 Å². The Labute approximate surface area is 865 Å². The molecule has 818 valence electrons. The predicted octanol–water partition coefficient (Wildman–Crippen LogP) is 2.79. The molecule has 5 aromatic rings. The lowest BCUT2D eigenvalue weighted by atomic mass is 9.98. The van der Waals surface area contributed by atoms with Gasteiger partial charge in [0.15, 0.2) is 0 Å². The van der Waals surface area contributed by atoms with Crippen molar-refractivity contribution in [1.29, 1.82) is 0 Å². The van der Waals surface area contributed by atoms with Gasteiger partial charge in [-0.05, 0) is 80.5 Å². The molecule has 13 atom stereocenters. The molecule has 2 aromatic carbocycles. The molecule has 15 amide bonds. The number of aliphatic hydroxyl groups excluding tert-OH is 1. The number of aliphatic carboxylic acids is 2. The number of unbranched alkanes of at least 4 members (excludes halogenated alkanes) is 12. The number of carbonyl (C=O) groups excluding carboxylic acids is 15. The fourth-order valence-electron chi connectivity index (χ4n) is 15.8. The quantitative estimate of drug-likeness (QED) is 0.0196. The van der Waals surface area contributed by atoms with Crippen molar-refractivity contribution < 1.29 is 125 Å². The first-order valence-corrected chi connectivity index (χ1v) is 53.3. The minimum absolute atomic E-state index is 0.00146. The van der Waals surface area contributed by atoms with Crippen molar-refractivity contribution >= 4 is 144 Å². The van der Waals surface area contributed by atoms with E-state index < -0.39 is 223 Å². The maximum Gasteiger partial charge on any atom is 0.305 e. The van der Waals surface area contributed by atoms with E-state index in [1.54, 1.807) is 102 Å². The number of fused-ring (bicyclic) bond motifs is 2. The molecular weight excluding hydrogens is 1950 g/mol. The van der Waals surface area contributed by atoms with Crippen LogP contribution in [0.3, 0.4) is 0 Å². The largest absolute Gasteiger partial charge is 0.481 e. The highest BCUT2D eigenvalue weighted by Gasteiger charge is 2.40. The molecule has 22 N–H and O–H groups in total. The first-order valence-electron chi connectivity index (χ1n) is 50.8. The summed E-state index contributed by atoms with van der Waals surface area (Å²) in [6, 6.07) is -6.13. The number of carboxylic acid groups (broad SMARTS) is 2. The van der Waals surface area contributed by atoms with Gasteiger partial charge >= 0.3 is 11.9 Å². The Morgan fingerprint density at radius 2 is 0.946 bits per heavy atom. The van der Waals surface area contributed by atoms with Gasteiger partial charge in [-0.25, -0.2) is 4.98 Å². The Kier molecular flexibility index (Phi) is 58.4. The molecule has 0 spiro atoms. The molecule has 0 saturated carbocycles. The topological polar surface area (TPSA) is 661 Å². The zero-order valence-electron chi connectivity index (χ0n) is 85.8. The second-order valence-electron chi connectivity index (χ2n) is 37.5. The summed E-state index contributed by atoms with van der Waals surface area (Å²) in [6.07, 6.45) is 17.1. The van der Waals surface area contributed by atoms with Crippen LogP contribution in [0.25, 0.3) is 21.8 Å². The number of hydrogen-bond donors (Lipinski definition) is 21. The summed E-state index contributed by atoms with van der Waals surface area (Å²) in [5.41, 5.74) is 8.04. The van der Waals surface area contributed by atoms with Gasteiger partial charge in [0.2, 0.25) is 88.6 Å². The molecule has 147 heavy (non-hydrogen) atoms. The number of aromatic amines is 3. The van der Waals surface area contributed by atoms with E-state index in [-0.39, 0.29) is 95.2 Å². The lowest BCUT2D eigenvalue weighted by molar-refractivity contribution is -0.141. The molecule has 4 heterocycles. The normalized spacial score (nSPS) is 20.1. The second kappa shape index (κ2) is 69.4. The van der Waals surface area contributed by atoms with Crippen LogP contribution in [0.1, 0.15) is 208 Å². The van der Waals surface area contributed by atoms with Gasteiger partial charge in [-0.2, -0.15) is 0 Å². The summed E-state index contributed by atoms with van der Waals surface area (Å²) in [5.74, 6) is -20.1. The van der Waals surface area contributed by atoms with Crippen LogP contribution >= 0.6 is 21.6 Å². The molecular formula is C100H155N19O26S2.